The second kappa shape index (κ2) is 5.74. The van der Waals surface area contributed by atoms with Crippen LogP contribution in [0.3, 0.4) is 0 Å². The molecule has 0 heterocycles. The maximum Gasteiger partial charge on any atom is 0.422 e. The Labute approximate surface area is 113 Å². The van der Waals surface area contributed by atoms with Crippen LogP contribution in [0, 0.1) is 23.3 Å². The molecule has 0 bridgehead atoms. The molecule has 0 spiro atoms. The number of alkyl halides is 3. The van der Waals surface area contributed by atoms with Gasteiger partial charge in [-0.1, -0.05) is 0 Å². The van der Waals surface area contributed by atoms with E-state index in [4.69, 9.17) is 4.55 Å². The Morgan fingerprint density at radius 3 is 1.50 bits per heavy atom. The molecule has 0 unspecified atom stereocenters. The van der Waals surface area contributed by atoms with Crippen molar-refractivity contribution in [1.29, 1.82) is 0 Å². The van der Waals surface area contributed by atoms with Gasteiger partial charge < -0.3 is 0 Å². The fourth-order valence-electron chi connectivity index (χ4n) is 1.24. The van der Waals surface area contributed by atoms with Gasteiger partial charge >= 0.3 is 6.18 Å². The molecule has 0 saturated heterocycles. The van der Waals surface area contributed by atoms with E-state index >= 15 is 0 Å². The van der Waals surface area contributed by atoms with Crippen LogP contribution in [0.5, 0.6) is 0 Å². The molecule has 12 heteroatoms. The van der Waals surface area contributed by atoms with E-state index in [1.807, 2.05) is 0 Å². The summed E-state index contributed by atoms with van der Waals surface area (Å²) >= 11 is 0. The van der Waals surface area contributed by atoms with Gasteiger partial charge in [0, 0.05) is 5.56 Å². The third kappa shape index (κ3) is 3.73. The quantitative estimate of drug-likeness (QED) is 0.508. The SMILES string of the molecule is Cl.O=S(=O)(O)Cc1c(F)c(F)c(C(F)(F)F)c(F)c1F. The minimum absolute atomic E-state index is 0. The molecule has 0 atom stereocenters. The lowest BCUT2D eigenvalue weighted by Crippen LogP contribution is -2.18. The Kier molecular flexibility index (Phi) is 5.43. The Balaban J connectivity index is 0.00000361. The topological polar surface area (TPSA) is 54.4 Å². The summed E-state index contributed by atoms with van der Waals surface area (Å²) in [5.74, 6) is -12.6. The zero-order valence-corrected chi connectivity index (χ0v) is 10.6. The summed E-state index contributed by atoms with van der Waals surface area (Å²) in [6.45, 7) is 0. The van der Waals surface area contributed by atoms with Crippen molar-refractivity contribution in [3.63, 3.8) is 0 Å². The van der Waals surface area contributed by atoms with Gasteiger partial charge in [-0.05, 0) is 0 Å². The molecule has 0 aliphatic rings. The first-order valence-electron chi connectivity index (χ1n) is 4.23. The predicted molar refractivity (Wildman–Crippen MR) is 53.8 cm³/mol. The van der Waals surface area contributed by atoms with Crippen molar-refractivity contribution in [2.75, 3.05) is 0 Å². The van der Waals surface area contributed by atoms with Crippen LogP contribution in [0.1, 0.15) is 11.1 Å². The van der Waals surface area contributed by atoms with Crippen LogP contribution in [0.2, 0.25) is 0 Å². The van der Waals surface area contributed by atoms with Gasteiger partial charge in [-0.2, -0.15) is 21.6 Å². The summed E-state index contributed by atoms with van der Waals surface area (Å²) in [4.78, 5) is 0. The van der Waals surface area contributed by atoms with Gasteiger partial charge in [0.05, 0.1) is 0 Å². The number of hydrogen-bond acceptors (Lipinski definition) is 2. The summed E-state index contributed by atoms with van der Waals surface area (Å²) in [5, 5.41) is 0. The standard InChI is InChI=1S/C8H3F7O3S.ClH/c9-4-2(1-19(16,17)18)5(10)7(12)3(6(4)11)8(13,14)15;/h1H2,(H,16,17,18);1H. The molecule has 0 aliphatic heterocycles. The molecule has 0 aliphatic carbocycles. The lowest BCUT2D eigenvalue weighted by atomic mass is 10.1. The lowest BCUT2D eigenvalue weighted by Gasteiger charge is -2.13. The first-order chi connectivity index (χ1) is 8.36. The van der Waals surface area contributed by atoms with E-state index in [1.165, 1.54) is 0 Å². The van der Waals surface area contributed by atoms with Gasteiger partial charge in [0.2, 0.25) is 0 Å². The summed E-state index contributed by atoms with van der Waals surface area (Å²) in [6.07, 6.45) is -5.72. The highest BCUT2D eigenvalue weighted by Gasteiger charge is 2.42. The molecule has 0 fully saturated rings. The van der Waals surface area contributed by atoms with Gasteiger partial charge in [-0.3, -0.25) is 4.55 Å². The summed E-state index contributed by atoms with van der Waals surface area (Å²) in [6, 6.07) is 0. The van der Waals surface area contributed by atoms with Crippen LogP contribution in [0.4, 0.5) is 30.7 Å². The molecule has 0 saturated carbocycles. The first kappa shape index (κ1) is 18.9. The molecular formula is C8H4ClF7O3S. The molecule has 0 aromatic heterocycles. The van der Waals surface area contributed by atoms with Crippen LogP contribution in [-0.2, 0) is 22.0 Å². The van der Waals surface area contributed by atoms with Crippen LogP contribution in [0.25, 0.3) is 0 Å². The smallest absolute Gasteiger partial charge is 0.285 e. The Bertz CT molecular complexity index is 597. The minimum Gasteiger partial charge on any atom is -0.285 e. The van der Waals surface area contributed by atoms with Gasteiger partial charge in [-0.15, -0.1) is 12.4 Å². The molecule has 0 amide bonds. The molecule has 116 valence electrons. The van der Waals surface area contributed by atoms with Crippen LogP contribution >= 0.6 is 12.4 Å². The molecule has 3 nitrogen and oxygen atoms in total. The summed E-state index contributed by atoms with van der Waals surface area (Å²) in [7, 11) is -5.10. The van der Waals surface area contributed by atoms with E-state index in [0.29, 0.717) is 0 Å². The van der Waals surface area contributed by atoms with Gasteiger partial charge in [0.25, 0.3) is 10.1 Å². The van der Waals surface area contributed by atoms with Crippen molar-refractivity contribution < 1.29 is 43.7 Å². The maximum atomic E-state index is 13.1. The second-order valence-corrected chi connectivity index (χ2v) is 4.79. The average Bonchev–Trinajstić information content (AvgIpc) is 2.18. The normalized spacial score (nSPS) is 12.2. The number of halogens is 8. The number of hydrogen-bond donors (Lipinski definition) is 1. The van der Waals surface area contributed by atoms with Crippen LogP contribution in [-0.4, -0.2) is 13.0 Å². The van der Waals surface area contributed by atoms with Crippen LogP contribution < -0.4 is 0 Å². The molecule has 20 heavy (non-hydrogen) atoms. The van der Waals surface area contributed by atoms with Crippen LogP contribution in [0.15, 0.2) is 0 Å². The second-order valence-electron chi connectivity index (χ2n) is 3.33. The number of rotatable bonds is 2. The Hall–Kier alpha value is -1.07. The minimum atomic E-state index is -5.72. The van der Waals surface area contributed by atoms with Gasteiger partial charge in [-0.25, -0.2) is 17.6 Å². The summed E-state index contributed by atoms with van der Waals surface area (Å²) in [5.41, 5.74) is -4.67. The van der Waals surface area contributed by atoms with Gasteiger partial charge in [0.15, 0.2) is 23.3 Å². The Morgan fingerprint density at radius 2 is 1.25 bits per heavy atom. The van der Waals surface area contributed by atoms with E-state index in [2.05, 4.69) is 0 Å². The van der Waals surface area contributed by atoms with E-state index in [0.717, 1.165) is 0 Å². The third-order valence-electron chi connectivity index (χ3n) is 1.96. The third-order valence-corrected chi connectivity index (χ3v) is 2.62. The molecule has 1 rings (SSSR count). The van der Waals surface area contributed by atoms with E-state index in [9.17, 15) is 39.2 Å². The average molecular weight is 349 g/mol. The lowest BCUT2D eigenvalue weighted by molar-refractivity contribution is -0.143. The largest absolute Gasteiger partial charge is 0.422 e. The molecular weight excluding hydrogens is 345 g/mol. The zero-order chi connectivity index (χ0) is 15.2. The van der Waals surface area contributed by atoms with E-state index in [1.54, 1.807) is 0 Å². The zero-order valence-electron chi connectivity index (χ0n) is 8.93. The summed E-state index contributed by atoms with van der Waals surface area (Å²) < 4.78 is 118. The highest BCUT2D eigenvalue weighted by Crippen LogP contribution is 2.37. The monoisotopic (exact) mass is 348 g/mol. The van der Waals surface area contributed by atoms with Gasteiger partial charge in [0.1, 0.15) is 11.3 Å². The van der Waals surface area contributed by atoms with Crippen molar-refractivity contribution in [3.8, 4) is 0 Å². The molecule has 1 aromatic carbocycles. The van der Waals surface area contributed by atoms with Crippen molar-refractivity contribution in [1.82, 2.24) is 0 Å². The van der Waals surface area contributed by atoms with Crippen molar-refractivity contribution >= 4 is 22.5 Å². The Morgan fingerprint density at radius 1 is 0.900 bits per heavy atom. The van der Waals surface area contributed by atoms with Crippen molar-refractivity contribution in [2.45, 2.75) is 11.9 Å². The highest BCUT2D eigenvalue weighted by atomic mass is 35.5. The fourth-order valence-corrected chi connectivity index (χ4v) is 1.85. The van der Waals surface area contributed by atoms with E-state index < -0.39 is 56.4 Å². The first-order valence-corrected chi connectivity index (χ1v) is 5.84. The fraction of sp³-hybridized carbons (Fsp3) is 0.250. The highest BCUT2D eigenvalue weighted by molar-refractivity contribution is 7.85. The van der Waals surface area contributed by atoms with Crippen molar-refractivity contribution in [2.24, 2.45) is 0 Å². The van der Waals surface area contributed by atoms with E-state index in [-0.39, 0.29) is 12.4 Å². The predicted octanol–water partition coefficient (Wildman–Crippen LogP) is 3.07. The molecule has 1 aromatic rings. The molecule has 1 N–H and O–H groups in total. The maximum absolute atomic E-state index is 13.1. The number of benzene rings is 1. The van der Waals surface area contributed by atoms with Crippen molar-refractivity contribution in [3.05, 3.63) is 34.4 Å². The molecule has 0 radical (unpaired) electrons.